The van der Waals surface area contributed by atoms with Gasteiger partial charge in [0.15, 0.2) is 5.78 Å². The molecule has 0 saturated carbocycles. The molecule has 0 bridgehead atoms. The van der Waals surface area contributed by atoms with E-state index in [4.69, 9.17) is 4.74 Å². The zero-order valence-corrected chi connectivity index (χ0v) is 19.5. The molecule has 5 heteroatoms. The minimum Gasteiger partial charge on any atom is -0.494 e. The highest BCUT2D eigenvalue weighted by Gasteiger charge is 2.17. The third-order valence-electron chi connectivity index (χ3n) is 5.75. The minimum absolute atomic E-state index is 0.00524. The van der Waals surface area contributed by atoms with Gasteiger partial charge in [0.25, 0.3) is 5.56 Å². The first-order valence-electron chi connectivity index (χ1n) is 11.5. The zero-order valence-electron chi connectivity index (χ0n) is 19.5. The van der Waals surface area contributed by atoms with E-state index < -0.39 is 0 Å². The first-order valence-corrected chi connectivity index (χ1v) is 11.5. The van der Waals surface area contributed by atoms with Gasteiger partial charge in [-0.3, -0.25) is 14.6 Å². The number of ether oxygens (including phenoxy) is 1. The number of carbonyl (C=O) groups is 1. The number of hydrogen-bond acceptors (Lipinski definition) is 4. The van der Waals surface area contributed by atoms with Crippen molar-refractivity contribution in [1.29, 1.82) is 0 Å². The minimum atomic E-state index is -0.270. The molecule has 0 fully saturated rings. The van der Waals surface area contributed by atoms with E-state index in [1.807, 2.05) is 61.5 Å². The Morgan fingerprint density at radius 3 is 2.41 bits per heavy atom. The van der Waals surface area contributed by atoms with Crippen LogP contribution in [0, 0.1) is 6.92 Å². The van der Waals surface area contributed by atoms with Crippen molar-refractivity contribution >= 4 is 5.78 Å². The number of benzene rings is 2. The molecule has 2 aromatic carbocycles. The summed E-state index contributed by atoms with van der Waals surface area (Å²) < 4.78 is 5.76. The average molecular weight is 453 g/mol. The molecule has 4 rings (SSSR count). The number of aromatic nitrogens is 2. The van der Waals surface area contributed by atoms with Crippen molar-refractivity contribution in [2.75, 3.05) is 6.61 Å². The van der Waals surface area contributed by atoms with Crippen molar-refractivity contribution < 1.29 is 9.53 Å². The van der Waals surface area contributed by atoms with Crippen molar-refractivity contribution in [2.24, 2.45) is 0 Å². The Kier molecular flexibility index (Phi) is 7.33. The highest BCUT2D eigenvalue weighted by atomic mass is 16.5. The van der Waals surface area contributed by atoms with Crippen LogP contribution < -0.4 is 10.3 Å². The third-order valence-corrected chi connectivity index (χ3v) is 5.75. The second-order valence-corrected chi connectivity index (χ2v) is 8.34. The monoisotopic (exact) mass is 452 g/mol. The number of H-pyrrole nitrogens is 1. The standard InChI is InChI=1S/C29H28N2O3/c1-3-4-16-34-24-13-11-22(12-14-24)27-17-25(21-9-7-20(2)8-10-21)26(29(33)31-27)18-28(32)23-6-5-15-30-19-23/h5-15,17,19H,3-4,16,18H2,1-2H3,(H,31,33). The van der Waals surface area contributed by atoms with E-state index in [-0.39, 0.29) is 17.8 Å². The summed E-state index contributed by atoms with van der Waals surface area (Å²) in [5, 5.41) is 0. The van der Waals surface area contributed by atoms with E-state index in [0.717, 1.165) is 40.8 Å². The summed E-state index contributed by atoms with van der Waals surface area (Å²) in [7, 11) is 0. The number of unbranched alkanes of at least 4 members (excludes halogenated alkanes) is 1. The van der Waals surface area contributed by atoms with Crippen molar-refractivity contribution in [3.05, 3.63) is 106 Å². The molecule has 0 amide bonds. The smallest absolute Gasteiger partial charge is 0.252 e. The molecule has 1 N–H and O–H groups in total. The summed E-state index contributed by atoms with van der Waals surface area (Å²) in [6, 6.07) is 21.1. The Hall–Kier alpha value is -3.99. The Morgan fingerprint density at radius 1 is 1.00 bits per heavy atom. The van der Waals surface area contributed by atoms with Crippen LogP contribution in [0.5, 0.6) is 5.75 Å². The van der Waals surface area contributed by atoms with Crippen LogP contribution in [0.3, 0.4) is 0 Å². The molecule has 5 nitrogen and oxygen atoms in total. The molecule has 0 radical (unpaired) electrons. The maximum atomic E-state index is 13.2. The highest BCUT2D eigenvalue weighted by molar-refractivity contribution is 5.98. The van der Waals surface area contributed by atoms with Crippen molar-refractivity contribution in [3.8, 4) is 28.1 Å². The number of nitrogens with zero attached hydrogens (tertiary/aromatic N) is 1. The van der Waals surface area contributed by atoms with E-state index in [9.17, 15) is 9.59 Å². The lowest BCUT2D eigenvalue weighted by molar-refractivity contribution is 0.0992. The molecular weight excluding hydrogens is 424 g/mol. The van der Waals surface area contributed by atoms with Crippen LogP contribution >= 0.6 is 0 Å². The molecular formula is C29H28N2O3. The van der Waals surface area contributed by atoms with Gasteiger partial charge in [-0.25, -0.2) is 0 Å². The molecule has 4 aromatic rings. The Labute approximate surface area is 199 Å². The fourth-order valence-electron chi connectivity index (χ4n) is 3.76. The lowest BCUT2D eigenvalue weighted by Gasteiger charge is -2.13. The number of Topliss-reactive ketones (excluding diaryl/α,β-unsaturated/α-hetero) is 1. The van der Waals surface area contributed by atoms with Gasteiger partial charge in [0, 0.05) is 35.6 Å². The van der Waals surface area contributed by atoms with Crippen LogP contribution in [0.25, 0.3) is 22.4 Å². The fraction of sp³-hybridized carbons (Fsp3) is 0.207. The number of aryl methyl sites for hydroxylation is 1. The number of aromatic amines is 1. The Bertz CT molecular complexity index is 1310. The summed E-state index contributed by atoms with van der Waals surface area (Å²) in [5.74, 6) is 0.658. The van der Waals surface area contributed by atoms with Gasteiger partial charge in [0.2, 0.25) is 0 Å². The Balaban J connectivity index is 1.72. The van der Waals surface area contributed by atoms with Crippen LogP contribution in [-0.2, 0) is 6.42 Å². The number of carbonyl (C=O) groups excluding carboxylic acids is 1. The molecule has 34 heavy (non-hydrogen) atoms. The number of hydrogen-bond donors (Lipinski definition) is 1. The topological polar surface area (TPSA) is 72.0 Å². The van der Waals surface area contributed by atoms with Gasteiger partial charge in [-0.2, -0.15) is 0 Å². The zero-order chi connectivity index (χ0) is 23.9. The molecule has 2 heterocycles. The maximum absolute atomic E-state index is 13.2. The molecule has 0 aliphatic heterocycles. The predicted octanol–water partition coefficient (Wildman–Crippen LogP) is 6.02. The van der Waals surface area contributed by atoms with E-state index in [1.54, 1.807) is 18.3 Å². The van der Waals surface area contributed by atoms with E-state index in [2.05, 4.69) is 16.9 Å². The maximum Gasteiger partial charge on any atom is 0.252 e. The van der Waals surface area contributed by atoms with Gasteiger partial charge in [0.05, 0.1) is 6.61 Å². The second-order valence-electron chi connectivity index (χ2n) is 8.34. The van der Waals surface area contributed by atoms with Gasteiger partial charge >= 0.3 is 0 Å². The number of pyridine rings is 2. The molecule has 0 atom stereocenters. The molecule has 0 aliphatic carbocycles. The van der Waals surface area contributed by atoms with Gasteiger partial charge < -0.3 is 9.72 Å². The molecule has 0 spiro atoms. The quantitative estimate of drug-likeness (QED) is 0.249. The average Bonchev–Trinajstić information content (AvgIpc) is 2.87. The number of ketones is 1. The van der Waals surface area contributed by atoms with Crippen LogP contribution in [0.4, 0.5) is 0 Å². The first-order chi connectivity index (χ1) is 16.5. The summed E-state index contributed by atoms with van der Waals surface area (Å²) in [6.45, 7) is 4.83. The lowest BCUT2D eigenvalue weighted by atomic mass is 9.94. The van der Waals surface area contributed by atoms with Crippen molar-refractivity contribution in [1.82, 2.24) is 9.97 Å². The predicted molar refractivity (Wildman–Crippen MR) is 135 cm³/mol. The fourth-order valence-corrected chi connectivity index (χ4v) is 3.76. The molecule has 0 aliphatic rings. The van der Waals surface area contributed by atoms with E-state index >= 15 is 0 Å². The molecule has 0 unspecified atom stereocenters. The van der Waals surface area contributed by atoms with Gasteiger partial charge in [-0.05, 0) is 72.5 Å². The molecule has 0 saturated heterocycles. The van der Waals surface area contributed by atoms with E-state index in [0.29, 0.717) is 23.4 Å². The van der Waals surface area contributed by atoms with Crippen LogP contribution in [0.1, 0.15) is 41.3 Å². The largest absolute Gasteiger partial charge is 0.494 e. The number of nitrogens with one attached hydrogen (secondary N) is 1. The molecule has 2 aromatic heterocycles. The van der Waals surface area contributed by atoms with Gasteiger partial charge in [-0.1, -0.05) is 43.2 Å². The van der Waals surface area contributed by atoms with Crippen molar-refractivity contribution in [3.63, 3.8) is 0 Å². The molecule has 172 valence electrons. The van der Waals surface area contributed by atoms with E-state index in [1.165, 1.54) is 6.20 Å². The SMILES string of the molecule is CCCCOc1ccc(-c2cc(-c3ccc(C)cc3)c(CC(=O)c3cccnc3)c(=O)[nH]2)cc1. The summed E-state index contributed by atoms with van der Waals surface area (Å²) >= 11 is 0. The normalized spacial score (nSPS) is 10.8. The van der Waals surface area contributed by atoms with Crippen molar-refractivity contribution in [2.45, 2.75) is 33.1 Å². The second kappa shape index (κ2) is 10.8. The first kappa shape index (κ1) is 23.2. The summed E-state index contributed by atoms with van der Waals surface area (Å²) in [4.78, 5) is 33.1. The van der Waals surface area contributed by atoms with Gasteiger partial charge in [-0.15, -0.1) is 0 Å². The van der Waals surface area contributed by atoms with Gasteiger partial charge in [0.1, 0.15) is 5.75 Å². The van der Waals surface area contributed by atoms with Crippen LogP contribution in [0.15, 0.2) is 83.9 Å². The summed E-state index contributed by atoms with van der Waals surface area (Å²) in [5.41, 5.74) is 5.00. The highest BCUT2D eigenvalue weighted by Crippen LogP contribution is 2.28. The number of rotatable bonds is 9. The van der Waals surface area contributed by atoms with Crippen LogP contribution in [0.2, 0.25) is 0 Å². The summed E-state index contributed by atoms with van der Waals surface area (Å²) in [6.07, 6.45) is 5.23. The van der Waals surface area contributed by atoms with Crippen LogP contribution in [-0.4, -0.2) is 22.4 Å². The third kappa shape index (κ3) is 5.49. The Morgan fingerprint density at radius 2 is 1.74 bits per heavy atom. The lowest BCUT2D eigenvalue weighted by Crippen LogP contribution is -2.19.